The number of Topliss-reactive ketones (excluding diaryl/α,β-unsaturated/α-hetero) is 1. The van der Waals surface area contributed by atoms with Gasteiger partial charge < -0.3 is 19.4 Å². The van der Waals surface area contributed by atoms with E-state index in [1.807, 2.05) is 17.0 Å². The van der Waals surface area contributed by atoms with Crippen molar-refractivity contribution in [2.24, 2.45) is 0 Å². The Labute approximate surface area is 166 Å². The van der Waals surface area contributed by atoms with Crippen molar-refractivity contribution in [1.29, 1.82) is 0 Å². The van der Waals surface area contributed by atoms with E-state index in [9.17, 15) is 9.59 Å². The first-order valence-electron chi connectivity index (χ1n) is 8.78. The molecule has 0 radical (unpaired) electrons. The molecule has 0 aliphatic carbocycles. The number of rotatable bonds is 6. The van der Waals surface area contributed by atoms with Crippen LogP contribution < -0.4 is 9.47 Å². The number of hydrogen-bond acceptors (Lipinski definition) is 5. The number of ether oxygens (including phenoxy) is 2. The highest BCUT2D eigenvalue weighted by atomic mass is 35.5. The second kappa shape index (κ2) is 7.86. The van der Waals surface area contributed by atoms with Crippen LogP contribution in [0.4, 0.5) is 0 Å². The van der Waals surface area contributed by atoms with Crippen molar-refractivity contribution < 1.29 is 19.1 Å². The summed E-state index contributed by atoms with van der Waals surface area (Å²) in [5.74, 6) is 2.12. The molecule has 0 spiro atoms. The van der Waals surface area contributed by atoms with E-state index in [-0.39, 0.29) is 18.5 Å². The summed E-state index contributed by atoms with van der Waals surface area (Å²) in [6.07, 6.45) is 3.70. The fourth-order valence-corrected chi connectivity index (χ4v) is 4.36. The highest BCUT2D eigenvalue weighted by Gasteiger charge is 2.22. The third-order valence-corrected chi connectivity index (χ3v) is 5.90. The molecule has 27 heavy (non-hydrogen) atoms. The number of carbonyl (C=O) groups excluding carboxylic acids is 2. The van der Waals surface area contributed by atoms with E-state index in [1.165, 1.54) is 11.8 Å². The SMILES string of the molecule is O=C(CSCc1cc(Cl)c2c(c1)OCO2)c1c[nH]c(C(=O)N2CCCC2)c1. The van der Waals surface area contributed by atoms with Crippen molar-refractivity contribution in [3.63, 3.8) is 0 Å². The van der Waals surface area contributed by atoms with Crippen LogP contribution in [0.25, 0.3) is 0 Å². The van der Waals surface area contributed by atoms with E-state index < -0.39 is 0 Å². The summed E-state index contributed by atoms with van der Waals surface area (Å²) >= 11 is 7.67. The van der Waals surface area contributed by atoms with Crippen molar-refractivity contribution in [2.75, 3.05) is 25.6 Å². The molecule has 142 valence electrons. The lowest BCUT2D eigenvalue weighted by Crippen LogP contribution is -2.27. The Morgan fingerprint density at radius 3 is 2.81 bits per heavy atom. The summed E-state index contributed by atoms with van der Waals surface area (Å²) in [7, 11) is 0. The third kappa shape index (κ3) is 3.94. The van der Waals surface area contributed by atoms with Crippen molar-refractivity contribution >= 4 is 35.1 Å². The average Bonchev–Trinajstić information content (AvgIpc) is 3.40. The molecule has 4 rings (SSSR count). The van der Waals surface area contributed by atoms with Gasteiger partial charge in [-0.15, -0.1) is 11.8 Å². The van der Waals surface area contributed by atoms with Crippen LogP contribution in [-0.4, -0.2) is 47.2 Å². The standard InChI is InChI=1S/C19H19ClN2O4S/c20-14-5-12(6-17-18(14)26-11-25-17)9-27-10-16(23)13-7-15(21-8-13)19(24)22-3-1-2-4-22/h5-8,21H,1-4,9-11H2. The van der Waals surface area contributed by atoms with Gasteiger partial charge in [0.15, 0.2) is 17.3 Å². The summed E-state index contributed by atoms with van der Waals surface area (Å²) < 4.78 is 10.7. The molecule has 0 saturated carbocycles. The first-order valence-corrected chi connectivity index (χ1v) is 10.3. The summed E-state index contributed by atoms with van der Waals surface area (Å²) in [5.41, 5.74) is 1.99. The molecule has 2 aliphatic heterocycles. The van der Waals surface area contributed by atoms with Crippen LogP contribution in [-0.2, 0) is 5.75 Å². The van der Waals surface area contributed by atoms with Crippen LogP contribution in [0.15, 0.2) is 24.4 Å². The Kier molecular flexibility index (Phi) is 5.31. The van der Waals surface area contributed by atoms with Crippen LogP contribution in [0.5, 0.6) is 11.5 Å². The molecule has 0 atom stereocenters. The molecule has 3 heterocycles. The fourth-order valence-electron chi connectivity index (χ4n) is 3.22. The molecule has 1 aromatic heterocycles. The number of thioether (sulfide) groups is 1. The normalized spacial score (nSPS) is 15.4. The monoisotopic (exact) mass is 406 g/mol. The lowest BCUT2D eigenvalue weighted by atomic mass is 10.2. The Morgan fingerprint density at radius 2 is 2.00 bits per heavy atom. The van der Waals surface area contributed by atoms with Gasteiger partial charge in [-0.25, -0.2) is 0 Å². The van der Waals surface area contributed by atoms with Gasteiger partial charge in [-0.05, 0) is 36.6 Å². The van der Waals surface area contributed by atoms with Crippen molar-refractivity contribution in [2.45, 2.75) is 18.6 Å². The van der Waals surface area contributed by atoms with Crippen LogP contribution in [0.2, 0.25) is 5.02 Å². The number of aromatic nitrogens is 1. The quantitative estimate of drug-likeness (QED) is 0.740. The smallest absolute Gasteiger partial charge is 0.270 e. The van der Waals surface area contributed by atoms with Gasteiger partial charge in [-0.2, -0.15) is 0 Å². The zero-order chi connectivity index (χ0) is 18.8. The number of amides is 1. The zero-order valence-electron chi connectivity index (χ0n) is 14.6. The van der Waals surface area contributed by atoms with Gasteiger partial charge in [0.2, 0.25) is 6.79 Å². The van der Waals surface area contributed by atoms with E-state index in [0.717, 1.165) is 31.5 Å². The molecule has 0 bridgehead atoms. The van der Waals surface area contributed by atoms with Crippen molar-refractivity contribution in [3.8, 4) is 11.5 Å². The lowest BCUT2D eigenvalue weighted by Gasteiger charge is -2.13. The Hall–Kier alpha value is -2.12. The summed E-state index contributed by atoms with van der Waals surface area (Å²) in [6, 6.07) is 5.37. The minimum Gasteiger partial charge on any atom is -0.454 e. The maximum absolute atomic E-state index is 12.4. The molecule has 2 aliphatic rings. The molecule has 0 unspecified atom stereocenters. The van der Waals surface area contributed by atoms with Gasteiger partial charge >= 0.3 is 0 Å². The van der Waals surface area contributed by atoms with E-state index in [0.29, 0.717) is 39.3 Å². The first-order chi connectivity index (χ1) is 13.1. The number of nitrogens with one attached hydrogen (secondary N) is 1. The van der Waals surface area contributed by atoms with Crippen molar-refractivity contribution in [1.82, 2.24) is 9.88 Å². The summed E-state index contributed by atoms with van der Waals surface area (Å²) in [4.78, 5) is 29.5. The third-order valence-electron chi connectivity index (χ3n) is 4.62. The average molecular weight is 407 g/mol. The number of fused-ring (bicyclic) bond motifs is 1. The Bertz CT molecular complexity index is 877. The minimum atomic E-state index is -0.0331. The number of ketones is 1. The molecule has 1 amide bonds. The second-order valence-corrected chi connectivity index (χ2v) is 7.92. The zero-order valence-corrected chi connectivity index (χ0v) is 16.2. The molecule has 2 aromatic rings. The Morgan fingerprint density at radius 1 is 1.19 bits per heavy atom. The first kappa shape index (κ1) is 18.3. The topological polar surface area (TPSA) is 71.6 Å². The van der Waals surface area contributed by atoms with Crippen LogP contribution in [0.3, 0.4) is 0 Å². The summed E-state index contributed by atoms with van der Waals surface area (Å²) in [6.45, 7) is 1.75. The molecular weight excluding hydrogens is 388 g/mol. The molecule has 1 fully saturated rings. The minimum absolute atomic E-state index is 0.0106. The van der Waals surface area contributed by atoms with E-state index in [4.69, 9.17) is 21.1 Å². The second-order valence-electron chi connectivity index (χ2n) is 6.53. The molecule has 6 nitrogen and oxygen atoms in total. The van der Waals surface area contributed by atoms with Gasteiger partial charge in [0, 0.05) is 30.6 Å². The van der Waals surface area contributed by atoms with Crippen LogP contribution >= 0.6 is 23.4 Å². The van der Waals surface area contributed by atoms with Gasteiger partial charge in [0.25, 0.3) is 5.91 Å². The number of carbonyl (C=O) groups is 2. The number of H-pyrrole nitrogens is 1. The van der Waals surface area contributed by atoms with Gasteiger partial charge in [0.1, 0.15) is 5.69 Å². The fraction of sp³-hybridized carbons (Fsp3) is 0.368. The van der Waals surface area contributed by atoms with Gasteiger partial charge in [-0.3, -0.25) is 9.59 Å². The van der Waals surface area contributed by atoms with Gasteiger partial charge in [0.05, 0.1) is 10.8 Å². The molecular formula is C19H19ClN2O4S. The molecule has 1 N–H and O–H groups in total. The maximum atomic E-state index is 12.4. The van der Waals surface area contributed by atoms with Crippen LogP contribution in [0.1, 0.15) is 39.3 Å². The number of benzene rings is 1. The maximum Gasteiger partial charge on any atom is 0.270 e. The number of likely N-dealkylation sites (tertiary alicyclic amines) is 1. The molecule has 1 aromatic carbocycles. The van der Waals surface area contributed by atoms with E-state index in [2.05, 4.69) is 4.98 Å². The van der Waals surface area contributed by atoms with Gasteiger partial charge in [-0.1, -0.05) is 11.6 Å². The largest absolute Gasteiger partial charge is 0.454 e. The predicted molar refractivity (Wildman–Crippen MR) is 104 cm³/mol. The molecule has 1 saturated heterocycles. The summed E-state index contributed by atoms with van der Waals surface area (Å²) in [5, 5.41) is 0.516. The number of halogens is 1. The highest BCUT2D eigenvalue weighted by molar-refractivity contribution is 7.99. The predicted octanol–water partition coefficient (Wildman–Crippen LogP) is 3.75. The highest BCUT2D eigenvalue weighted by Crippen LogP contribution is 2.40. The van der Waals surface area contributed by atoms with E-state index >= 15 is 0 Å². The lowest BCUT2D eigenvalue weighted by molar-refractivity contribution is 0.0787. The number of nitrogens with zero attached hydrogens (tertiary/aromatic N) is 1. The molecule has 8 heteroatoms. The number of hydrogen-bond donors (Lipinski definition) is 1. The van der Waals surface area contributed by atoms with Crippen LogP contribution in [0, 0.1) is 0 Å². The van der Waals surface area contributed by atoms with Crippen molar-refractivity contribution in [3.05, 3.63) is 46.2 Å². The Balaban J connectivity index is 1.32. The van der Waals surface area contributed by atoms with E-state index in [1.54, 1.807) is 12.3 Å². The number of aromatic amines is 1.